The number of alkyl halides is 1. The van der Waals surface area contributed by atoms with Gasteiger partial charge in [0.2, 0.25) is 0 Å². The van der Waals surface area contributed by atoms with E-state index in [1.807, 2.05) is 6.92 Å². The van der Waals surface area contributed by atoms with E-state index in [1.165, 1.54) is 6.42 Å². The maximum absolute atomic E-state index is 10.9. The maximum Gasteiger partial charge on any atom is 0.319 e. The number of halogens is 1. The molecule has 2 atom stereocenters. The van der Waals surface area contributed by atoms with Gasteiger partial charge in [-0.2, -0.15) is 0 Å². The van der Waals surface area contributed by atoms with Crippen LogP contribution in [-0.2, 0) is 4.79 Å². The molecule has 2 nitrogen and oxygen atoms in total. The molecule has 0 aromatic carbocycles. The minimum atomic E-state index is -0.634. The Morgan fingerprint density at radius 1 is 1.64 bits per heavy atom. The van der Waals surface area contributed by atoms with Gasteiger partial charge in [0.05, 0.1) is 0 Å². The van der Waals surface area contributed by atoms with Crippen molar-refractivity contribution in [3.63, 3.8) is 0 Å². The van der Waals surface area contributed by atoms with Crippen LogP contribution in [0.3, 0.4) is 0 Å². The van der Waals surface area contributed by atoms with Crippen LogP contribution in [0.2, 0.25) is 0 Å². The molecule has 0 spiro atoms. The summed E-state index contributed by atoms with van der Waals surface area (Å²) < 4.78 is -0.476. The van der Waals surface area contributed by atoms with E-state index in [1.54, 1.807) is 0 Å². The van der Waals surface area contributed by atoms with Gasteiger partial charge < -0.3 is 5.11 Å². The van der Waals surface area contributed by atoms with Crippen molar-refractivity contribution in [1.29, 1.82) is 0 Å². The van der Waals surface area contributed by atoms with Gasteiger partial charge in [-0.3, -0.25) is 4.79 Å². The highest BCUT2D eigenvalue weighted by Crippen LogP contribution is 2.40. The summed E-state index contributed by atoms with van der Waals surface area (Å²) in [5.74, 6) is -0.306. The third-order valence-corrected chi connectivity index (χ3v) is 4.63. The van der Waals surface area contributed by atoms with Crippen LogP contribution in [0.5, 0.6) is 0 Å². The van der Waals surface area contributed by atoms with Gasteiger partial charge in [0.1, 0.15) is 3.42 Å². The van der Waals surface area contributed by atoms with E-state index in [-0.39, 0.29) is 0 Å². The minimum Gasteiger partial charge on any atom is -0.480 e. The van der Waals surface area contributed by atoms with Crippen molar-refractivity contribution in [2.45, 2.75) is 36.0 Å². The van der Waals surface area contributed by atoms with Crippen molar-refractivity contribution >= 4 is 28.6 Å². The molecule has 0 aromatic rings. The third-order valence-electron chi connectivity index (χ3n) is 2.56. The van der Waals surface area contributed by atoms with E-state index in [2.05, 4.69) is 22.6 Å². The molecule has 0 aromatic heterocycles. The molecule has 1 rings (SSSR count). The van der Waals surface area contributed by atoms with Crippen molar-refractivity contribution in [3.8, 4) is 0 Å². The highest BCUT2D eigenvalue weighted by atomic mass is 127. The molecule has 0 saturated heterocycles. The topological polar surface area (TPSA) is 37.3 Å². The molecule has 11 heavy (non-hydrogen) atoms. The van der Waals surface area contributed by atoms with Crippen molar-refractivity contribution in [2.75, 3.05) is 0 Å². The van der Waals surface area contributed by atoms with Gasteiger partial charge in [0.15, 0.2) is 0 Å². The van der Waals surface area contributed by atoms with Crippen LogP contribution in [-0.4, -0.2) is 14.5 Å². The SMILES string of the molecule is C[C@@H]1CCCC[C@@]1(I)C(=O)O. The molecular weight excluding hydrogens is 255 g/mol. The predicted molar refractivity (Wildman–Crippen MR) is 52.0 cm³/mol. The Morgan fingerprint density at radius 2 is 2.27 bits per heavy atom. The number of rotatable bonds is 1. The van der Waals surface area contributed by atoms with Gasteiger partial charge in [-0.05, 0) is 18.8 Å². The number of carboxylic acids is 1. The Balaban J connectivity index is 2.72. The first kappa shape index (κ1) is 9.29. The summed E-state index contributed by atoms with van der Waals surface area (Å²) in [6, 6.07) is 0. The van der Waals surface area contributed by atoms with E-state index < -0.39 is 9.39 Å². The van der Waals surface area contributed by atoms with E-state index in [0.717, 1.165) is 19.3 Å². The average molecular weight is 268 g/mol. The fourth-order valence-corrected chi connectivity index (χ4v) is 2.32. The third kappa shape index (κ3) is 1.68. The lowest BCUT2D eigenvalue weighted by molar-refractivity contribution is -0.141. The van der Waals surface area contributed by atoms with Crippen LogP contribution in [0.15, 0.2) is 0 Å². The molecular formula is C8H13IO2. The predicted octanol–water partition coefficient (Wildman–Crippen LogP) is 2.45. The largest absolute Gasteiger partial charge is 0.480 e. The Bertz CT molecular complexity index is 169. The Morgan fingerprint density at radius 3 is 2.64 bits per heavy atom. The Labute approximate surface area is 80.5 Å². The average Bonchev–Trinajstić information content (AvgIpc) is 1.95. The lowest BCUT2D eigenvalue weighted by Gasteiger charge is -2.33. The van der Waals surface area contributed by atoms with Crippen LogP contribution >= 0.6 is 22.6 Å². The molecule has 1 N–H and O–H groups in total. The Kier molecular flexibility index (Phi) is 2.78. The van der Waals surface area contributed by atoms with Crippen LogP contribution < -0.4 is 0 Å². The quantitative estimate of drug-likeness (QED) is 0.586. The zero-order valence-electron chi connectivity index (χ0n) is 6.64. The monoisotopic (exact) mass is 268 g/mol. The molecule has 1 aliphatic carbocycles. The normalized spacial score (nSPS) is 38.5. The van der Waals surface area contributed by atoms with Crippen LogP contribution in [0.25, 0.3) is 0 Å². The summed E-state index contributed by atoms with van der Waals surface area (Å²) >= 11 is 2.11. The number of carboxylic acid groups (broad SMARTS) is 1. The molecule has 1 saturated carbocycles. The van der Waals surface area contributed by atoms with Crippen LogP contribution in [0.1, 0.15) is 32.6 Å². The fourth-order valence-electron chi connectivity index (χ4n) is 1.63. The van der Waals surface area contributed by atoms with Gasteiger partial charge in [0, 0.05) is 0 Å². The summed E-state index contributed by atoms with van der Waals surface area (Å²) in [6.45, 7) is 2.04. The van der Waals surface area contributed by atoms with Crippen LogP contribution in [0.4, 0.5) is 0 Å². The summed E-state index contributed by atoms with van der Waals surface area (Å²) in [5, 5.41) is 8.96. The number of hydrogen-bond donors (Lipinski definition) is 1. The Hall–Kier alpha value is 0.200. The second-order valence-electron chi connectivity index (χ2n) is 3.31. The van der Waals surface area contributed by atoms with E-state index >= 15 is 0 Å². The lowest BCUT2D eigenvalue weighted by atomic mass is 9.80. The standard InChI is InChI=1S/C8H13IO2/c1-6-4-2-3-5-8(6,9)7(10)11/h6H,2-5H2,1H3,(H,10,11)/t6-,8+/m1/s1. The number of aliphatic carboxylic acids is 1. The summed E-state index contributed by atoms with van der Waals surface area (Å²) in [7, 11) is 0. The fraction of sp³-hybridized carbons (Fsp3) is 0.875. The first-order chi connectivity index (χ1) is 5.07. The van der Waals surface area contributed by atoms with Crippen molar-refractivity contribution in [3.05, 3.63) is 0 Å². The summed E-state index contributed by atoms with van der Waals surface area (Å²) in [6.07, 6.45) is 4.16. The van der Waals surface area contributed by atoms with Gasteiger partial charge in [-0.25, -0.2) is 0 Å². The number of hydrogen-bond acceptors (Lipinski definition) is 1. The van der Waals surface area contributed by atoms with Crippen molar-refractivity contribution < 1.29 is 9.90 Å². The van der Waals surface area contributed by atoms with Gasteiger partial charge in [-0.15, -0.1) is 0 Å². The molecule has 64 valence electrons. The minimum absolute atomic E-state index is 0.328. The van der Waals surface area contributed by atoms with Gasteiger partial charge >= 0.3 is 5.97 Å². The summed E-state index contributed by atoms with van der Waals surface area (Å²) in [5.41, 5.74) is 0. The van der Waals surface area contributed by atoms with E-state index in [4.69, 9.17) is 5.11 Å². The van der Waals surface area contributed by atoms with Gasteiger partial charge in [0.25, 0.3) is 0 Å². The molecule has 0 bridgehead atoms. The molecule has 0 heterocycles. The first-order valence-corrected chi connectivity index (χ1v) is 5.07. The second-order valence-corrected chi connectivity index (χ2v) is 5.24. The highest BCUT2D eigenvalue weighted by molar-refractivity contribution is 14.1. The highest BCUT2D eigenvalue weighted by Gasteiger charge is 2.42. The maximum atomic E-state index is 10.9. The van der Waals surface area contributed by atoms with E-state index in [0.29, 0.717) is 5.92 Å². The molecule has 1 fully saturated rings. The van der Waals surface area contributed by atoms with Crippen molar-refractivity contribution in [1.82, 2.24) is 0 Å². The second kappa shape index (κ2) is 3.29. The lowest BCUT2D eigenvalue weighted by Crippen LogP contribution is -2.40. The van der Waals surface area contributed by atoms with Crippen LogP contribution in [0, 0.1) is 5.92 Å². The summed E-state index contributed by atoms with van der Waals surface area (Å²) in [4.78, 5) is 10.9. The van der Waals surface area contributed by atoms with Crippen molar-refractivity contribution in [2.24, 2.45) is 5.92 Å². The van der Waals surface area contributed by atoms with E-state index in [9.17, 15) is 4.79 Å². The molecule has 0 aliphatic heterocycles. The molecule has 0 unspecified atom stereocenters. The molecule has 0 radical (unpaired) electrons. The first-order valence-electron chi connectivity index (χ1n) is 3.99. The zero-order chi connectivity index (χ0) is 8.48. The van der Waals surface area contributed by atoms with Gasteiger partial charge in [-0.1, -0.05) is 42.4 Å². The smallest absolute Gasteiger partial charge is 0.319 e. The number of carbonyl (C=O) groups is 1. The zero-order valence-corrected chi connectivity index (χ0v) is 8.80. The molecule has 1 aliphatic rings. The molecule has 3 heteroatoms. The molecule has 0 amide bonds.